The van der Waals surface area contributed by atoms with Crippen molar-refractivity contribution >= 4 is 17.7 Å². The summed E-state index contributed by atoms with van der Waals surface area (Å²) in [7, 11) is 0. The molecule has 16 heavy (non-hydrogen) atoms. The van der Waals surface area contributed by atoms with Gasteiger partial charge in [-0.25, -0.2) is 0 Å². The number of rotatable bonds is 6. The van der Waals surface area contributed by atoms with Gasteiger partial charge < -0.3 is 22.1 Å². The maximum atomic E-state index is 11.6. The topological polar surface area (TPSA) is 133 Å². The second-order valence-electron chi connectivity index (χ2n) is 3.14. The molecular weight excluding hydrogens is 212 g/mol. The molecule has 0 heterocycles. The summed E-state index contributed by atoms with van der Waals surface area (Å²) in [5.74, 6) is 0.0528. The fraction of sp³-hybridized carbons (Fsp3) is 0.444. The summed E-state index contributed by atoms with van der Waals surface area (Å²) in [4.78, 5) is 33.8. The molecule has 0 bridgehead atoms. The molecule has 7 nitrogen and oxygen atoms in total. The van der Waals surface area contributed by atoms with Crippen LogP contribution in [0.3, 0.4) is 0 Å². The van der Waals surface area contributed by atoms with E-state index in [2.05, 4.69) is 5.92 Å². The fourth-order valence-electron chi connectivity index (χ4n) is 1.04. The summed E-state index contributed by atoms with van der Waals surface area (Å²) in [6.45, 7) is -0.833. The Morgan fingerprint density at radius 1 is 1.19 bits per heavy atom. The van der Waals surface area contributed by atoms with E-state index in [1.54, 1.807) is 0 Å². The van der Waals surface area contributed by atoms with Crippen molar-refractivity contribution in [2.75, 3.05) is 13.1 Å². The molecule has 88 valence electrons. The number of nitrogens with two attached hydrogens (primary N) is 3. The van der Waals surface area contributed by atoms with E-state index >= 15 is 0 Å². The van der Waals surface area contributed by atoms with Gasteiger partial charge in [-0.3, -0.25) is 14.4 Å². The molecule has 0 spiro atoms. The Kier molecular flexibility index (Phi) is 5.59. The van der Waals surface area contributed by atoms with E-state index in [1.807, 2.05) is 0 Å². The summed E-state index contributed by atoms with van der Waals surface area (Å²) < 4.78 is 0. The first kappa shape index (κ1) is 13.9. The average Bonchev–Trinajstić information content (AvgIpc) is 2.14. The van der Waals surface area contributed by atoms with Crippen molar-refractivity contribution in [3.8, 4) is 12.3 Å². The lowest BCUT2D eigenvalue weighted by Gasteiger charge is -2.22. The predicted molar refractivity (Wildman–Crippen MR) is 56.4 cm³/mol. The number of amides is 3. The number of primary amides is 2. The molecular formula is C9H14N4O3. The van der Waals surface area contributed by atoms with Gasteiger partial charge in [-0.05, 0) is 0 Å². The van der Waals surface area contributed by atoms with Crippen molar-refractivity contribution in [2.45, 2.75) is 12.5 Å². The minimum absolute atomic E-state index is 0.00680. The number of terminal acetylenes is 1. The van der Waals surface area contributed by atoms with Gasteiger partial charge in [-0.2, -0.15) is 0 Å². The van der Waals surface area contributed by atoms with Crippen molar-refractivity contribution in [3.05, 3.63) is 0 Å². The summed E-state index contributed by atoms with van der Waals surface area (Å²) in [6, 6.07) is -0.969. The lowest BCUT2D eigenvalue weighted by Crippen LogP contribution is -2.49. The number of carbonyl (C=O) groups excluding carboxylic acids is 3. The fourth-order valence-corrected chi connectivity index (χ4v) is 1.04. The first-order valence-electron chi connectivity index (χ1n) is 4.43. The van der Waals surface area contributed by atoms with Gasteiger partial charge in [0, 0.05) is 6.42 Å². The van der Waals surface area contributed by atoms with Crippen LogP contribution >= 0.6 is 0 Å². The molecule has 0 aliphatic rings. The third-order valence-electron chi connectivity index (χ3n) is 1.66. The summed E-state index contributed by atoms with van der Waals surface area (Å²) in [5, 5.41) is 0. The standard InChI is InChI=1S/C9H14N4O3/c1-2-3-6(10)9(16)13(4-7(11)14)5-8(12)15/h1,6H,3-5,10H2,(H2,11,14)(H2,12,15). The smallest absolute Gasteiger partial charge is 0.241 e. The highest BCUT2D eigenvalue weighted by molar-refractivity contribution is 5.90. The van der Waals surface area contributed by atoms with E-state index in [-0.39, 0.29) is 6.42 Å². The van der Waals surface area contributed by atoms with Crippen LogP contribution in [0, 0.1) is 12.3 Å². The molecule has 0 aromatic heterocycles. The molecule has 0 radical (unpaired) electrons. The summed E-state index contributed by atoms with van der Waals surface area (Å²) in [6.07, 6.45) is 4.99. The molecule has 0 saturated heterocycles. The van der Waals surface area contributed by atoms with Crippen LogP contribution in [0.2, 0.25) is 0 Å². The Bertz CT molecular complexity index is 318. The molecule has 0 aromatic rings. The Hall–Kier alpha value is -2.07. The van der Waals surface area contributed by atoms with Gasteiger partial charge in [0.1, 0.15) is 0 Å². The SMILES string of the molecule is C#CCC(N)C(=O)N(CC(N)=O)CC(N)=O. The van der Waals surface area contributed by atoms with E-state index < -0.39 is 36.9 Å². The van der Waals surface area contributed by atoms with E-state index in [1.165, 1.54) is 0 Å². The molecule has 0 aliphatic carbocycles. The second kappa shape index (κ2) is 6.42. The third-order valence-corrected chi connectivity index (χ3v) is 1.66. The molecule has 0 aliphatic heterocycles. The van der Waals surface area contributed by atoms with E-state index in [0.29, 0.717) is 0 Å². The van der Waals surface area contributed by atoms with Crippen LogP contribution in [-0.2, 0) is 14.4 Å². The molecule has 3 amide bonds. The Morgan fingerprint density at radius 3 is 1.94 bits per heavy atom. The van der Waals surface area contributed by atoms with E-state index in [4.69, 9.17) is 23.6 Å². The van der Waals surface area contributed by atoms with Gasteiger partial charge in [0.25, 0.3) is 0 Å². The maximum absolute atomic E-state index is 11.6. The number of carbonyl (C=O) groups is 3. The molecule has 1 atom stereocenters. The van der Waals surface area contributed by atoms with E-state index in [0.717, 1.165) is 4.90 Å². The van der Waals surface area contributed by atoms with Crippen LogP contribution in [-0.4, -0.2) is 41.8 Å². The van der Waals surface area contributed by atoms with Crippen LogP contribution in [0.1, 0.15) is 6.42 Å². The highest BCUT2D eigenvalue weighted by Crippen LogP contribution is 1.96. The molecule has 6 N–H and O–H groups in total. The lowest BCUT2D eigenvalue weighted by atomic mass is 10.2. The molecule has 0 saturated carbocycles. The van der Waals surface area contributed by atoms with Gasteiger partial charge in [-0.15, -0.1) is 12.3 Å². The Morgan fingerprint density at radius 2 is 1.62 bits per heavy atom. The first-order chi connectivity index (χ1) is 7.38. The quantitative estimate of drug-likeness (QED) is 0.420. The highest BCUT2D eigenvalue weighted by atomic mass is 16.2. The normalized spacial score (nSPS) is 11.2. The number of nitrogens with zero attached hydrogens (tertiary/aromatic N) is 1. The monoisotopic (exact) mass is 226 g/mol. The lowest BCUT2D eigenvalue weighted by molar-refractivity contribution is -0.138. The van der Waals surface area contributed by atoms with Crippen molar-refractivity contribution in [2.24, 2.45) is 17.2 Å². The molecule has 0 fully saturated rings. The van der Waals surface area contributed by atoms with Crippen LogP contribution in [0.5, 0.6) is 0 Å². The van der Waals surface area contributed by atoms with Crippen molar-refractivity contribution in [1.29, 1.82) is 0 Å². The van der Waals surface area contributed by atoms with Crippen molar-refractivity contribution in [3.63, 3.8) is 0 Å². The molecule has 1 unspecified atom stereocenters. The zero-order valence-electron chi connectivity index (χ0n) is 8.68. The van der Waals surface area contributed by atoms with Gasteiger partial charge in [0.05, 0.1) is 19.1 Å². The van der Waals surface area contributed by atoms with Crippen molar-refractivity contribution in [1.82, 2.24) is 4.90 Å². The van der Waals surface area contributed by atoms with E-state index in [9.17, 15) is 14.4 Å². The van der Waals surface area contributed by atoms with Crippen LogP contribution in [0.4, 0.5) is 0 Å². The summed E-state index contributed by atoms with van der Waals surface area (Å²) >= 11 is 0. The van der Waals surface area contributed by atoms with Crippen LogP contribution < -0.4 is 17.2 Å². The number of hydrogen-bond acceptors (Lipinski definition) is 4. The van der Waals surface area contributed by atoms with Gasteiger partial charge in [0.2, 0.25) is 17.7 Å². The van der Waals surface area contributed by atoms with Crippen molar-refractivity contribution < 1.29 is 14.4 Å². The molecule has 0 rings (SSSR count). The second-order valence-corrected chi connectivity index (χ2v) is 3.14. The Balaban J connectivity index is 4.61. The molecule has 7 heteroatoms. The van der Waals surface area contributed by atoms with Gasteiger partial charge in [-0.1, -0.05) is 0 Å². The largest absolute Gasteiger partial charge is 0.368 e. The predicted octanol–water partition coefficient (Wildman–Crippen LogP) is -2.86. The third kappa shape index (κ3) is 4.97. The van der Waals surface area contributed by atoms with Crippen LogP contribution in [0.15, 0.2) is 0 Å². The maximum Gasteiger partial charge on any atom is 0.241 e. The van der Waals surface area contributed by atoms with Crippen LogP contribution in [0.25, 0.3) is 0 Å². The highest BCUT2D eigenvalue weighted by Gasteiger charge is 2.22. The molecule has 0 aromatic carbocycles. The average molecular weight is 226 g/mol. The zero-order chi connectivity index (χ0) is 12.7. The minimum atomic E-state index is -0.969. The first-order valence-corrected chi connectivity index (χ1v) is 4.43. The van der Waals surface area contributed by atoms with Gasteiger partial charge >= 0.3 is 0 Å². The Labute approximate surface area is 92.9 Å². The summed E-state index contributed by atoms with van der Waals surface area (Å²) in [5.41, 5.74) is 15.3. The zero-order valence-corrected chi connectivity index (χ0v) is 8.68. The van der Waals surface area contributed by atoms with Gasteiger partial charge in [0.15, 0.2) is 0 Å². The minimum Gasteiger partial charge on any atom is -0.368 e. The number of hydrogen-bond donors (Lipinski definition) is 3.